The Hall–Kier alpha value is -0.770. The standard InChI is InChI=1S/C15H24ClNO2/c1-6-15(7-2,17(3)4)14(18)11-8-9-12(16)13(10-11)19-5/h8-10,14,18H,6-7H2,1-5H3. The van der Waals surface area contributed by atoms with Gasteiger partial charge in [-0.2, -0.15) is 0 Å². The molecule has 0 heterocycles. The lowest BCUT2D eigenvalue weighted by molar-refractivity contribution is -0.0150. The molecule has 0 saturated heterocycles. The molecule has 0 aromatic heterocycles. The Morgan fingerprint density at radius 1 is 1.32 bits per heavy atom. The van der Waals surface area contributed by atoms with Crippen LogP contribution in [0.3, 0.4) is 0 Å². The molecular weight excluding hydrogens is 262 g/mol. The molecule has 0 amide bonds. The van der Waals surface area contributed by atoms with Crippen LogP contribution < -0.4 is 4.74 Å². The lowest BCUT2D eigenvalue weighted by atomic mass is 9.81. The molecule has 0 aliphatic rings. The van der Waals surface area contributed by atoms with E-state index < -0.39 is 6.10 Å². The summed E-state index contributed by atoms with van der Waals surface area (Å²) in [7, 11) is 5.59. The molecule has 1 N–H and O–H groups in total. The first-order valence-electron chi connectivity index (χ1n) is 6.61. The summed E-state index contributed by atoms with van der Waals surface area (Å²) in [5.74, 6) is 0.595. The molecule has 1 rings (SSSR count). The van der Waals surface area contributed by atoms with E-state index in [1.807, 2.05) is 26.2 Å². The fourth-order valence-corrected chi connectivity index (χ4v) is 2.87. The van der Waals surface area contributed by atoms with Gasteiger partial charge >= 0.3 is 0 Å². The van der Waals surface area contributed by atoms with Crippen LogP contribution in [0.15, 0.2) is 18.2 Å². The van der Waals surface area contributed by atoms with E-state index in [1.165, 1.54) is 0 Å². The third-order valence-corrected chi connectivity index (χ3v) is 4.43. The molecule has 4 heteroatoms. The largest absolute Gasteiger partial charge is 0.495 e. The quantitative estimate of drug-likeness (QED) is 0.868. The molecular formula is C15H24ClNO2. The second kappa shape index (κ2) is 6.60. The molecule has 108 valence electrons. The third kappa shape index (κ3) is 3.04. The van der Waals surface area contributed by atoms with Crippen molar-refractivity contribution < 1.29 is 9.84 Å². The van der Waals surface area contributed by atoms with Gasteiger partial charge in [0.15, 0.2) is 0 Å². The van der Waals surface area contributed by atoms with Crippen LogP contribution in [0.5, 0.6) is 5.75 Å². The zero-order chi connectivity index (χ0) is 14.6. The predicted octanol–water partition coefficient (Wildman–Crippen LogP) is 3.50. The second-order valence-electron chi connectivity index (χ2n) is 5.00. The minimum absolute atomic E-state index is 0.279. The Bertz CT molecular complexity index is 417. The number of aliphatic hydroxyl groups is 1. The van der Waals surface area contributed by atoms with E-state index in [1.54, 1.807) is 13.2 Å². The van der Waals surface area contributed by atoms with Crippen LogP contribution in [0.4, 0.5) is 0 Å². The van der Waals surface area contributed by atoms with E-state index in [4.69, 9.17) is 16.3 Å². The van der Waals surface area contributed by atoms with Gasteiger partial charge in [0.2, 0.25) is 0 Å². The number of benzene rings is 1. The summed E-state index contributed by atoms with van der Waals surface area (Å²) in [5, 5.41) is 11.3. The zero-order valence-corrected chi connectivity index (χ0v) is 13.2. The highest BCUT2D eigenvalue weighted by atomic mass is 35.5. The van der Waals surface area contributed by atoms with Gasteiger partial charge in [0, 0.05) is 5.54 Å². The Morgan fingerprint density at radius 3 is 2.32 bits per heavy atom. The minimum atomic E-state index is -0.580. The van der Waals surface area contributed by atoms with E-state index in [0.29, 0.717) is 10.8 Å². The van der Waals surface area contributed by atoms with Crippen molar-refractivity contribution in [3.05, 3.63) is 28.8 Å². The maximum Gasteiger partial charge on any atom is 0.137 e. The SMILES string of the molecule is CCC(CC)(C(O)c1ccc(Cl)c(OC)c1)N(C)C. The molecule has 0 aliphatic heterocycles. The maximum atomic E-state index is 10.8. The van der Waals surface area contributed by atoms with E-state index in [0.717, 1.165) is 18.4 Å². The Morgan fingerprint density at radius 2 is 1.89 bits per heavy atom. The average Bonchev–Trinajstić information content (AvgIpc) is 2.40. The lowest BCUT2D eigenvalue weighted by Gasteiger charge is -2.42. The molecule has 0 aliphatic carbocycles. The van der Waals surface area contributed by atoms with Gasteiger partial charge in [-0.25, -0.2) is 0 Å². The minimum Gasteiger partial charge on any atom is -0.495 e. The summed E-state index contributed by atoms with van der Waals surface area (Å²) in [6.45, 7) is 4.19. The molecule has 0 radical (unpaired) electrons. The highest BCUT2D eigenvalue weighted by Gasteiger charge is 2.37. The van der Waals surface area contributed by atoms with Crippen molar-refractivity contribution in [2.24, 2.45) is 0 Å². The van der Waals surface area contributed by atoms with Gasteiger partial charge in [-0.3, -0.25) is 0 Å². The smallest absolute Gasteiger partial charge is 0.137 e. The van der Waals surface area contributed by atoms with E-state index in [-0.39, 0.29) is 5.54 Å². The summed E-state index contributed by atoms with van der Waals surface area (Å²) in [4.78, 5) is 2.10. The first-order chi connectivity index (χ1) is 8.92. The molecule has 0 bridgehead atoms. The number of ether oxygens (including phenoxy) is 1. The molecule has 19 heavy (non-hydrogen) atoms. The molecule has 1 aromatic rings. The van der Waals surface area contributed by atoms with Gasteiger partial charge in [0.25, 0.3) is 0 Å². The Labute approximate surface area is 121 Å². The monoisotopic (exact) mass is 285 g/mol. The van der Waals surface area contributed by atoms with Crippen LogP contribution in [0.25, 0.3) is 0 Å². The molecule has 0 spiro atoms. The van der Waals surface area contributed by atoms with Crippen molar-refractivity contribution in [3.8, 4) is 5.75 Å². The fraction of sp³-hybridized carbons (Fsp3) is 0.600. The van der Waals surface area contributed by atoms with Crippen LogP contribution >= 0.6 is 11.6 Å². The predicted molar refractivity (Wildman–Crippen MR) is 80.0 cm³/mol. The van der Waals surface area contributed by atoms with Crippen LogP contribution in [0.1, 0.15) is 38.4 Å². The van der Waals surface area contributed by atoms with E-state index >= 15 is 0 Å². The first-order valence-corrected chi connectivity index (χ1v) is 6.99. The van der Waals surface area contributed by atoms with Crippen molar-refractivity contribution in [1.82, 2.24) is 4.90 Å². The van der Waals surface area contributed by atoms with Crippen molar-refractivity contribution in [2.75, 3.05) is 21.2 Å². The topological polar surface area (TPSA) is 32.7 Å². The van der Waals surface area contributed by atoms with Gasteiger partial charge in [-0.1, -0.05) is 31.5 Å². The van der Waals surface area contributed by atoms with Crippen LogP contribution in [0, 0.1) is 0 Å². The van der Waals surface area contributed by atoms with Gasteiger partial charge in [-0.15, -0.1) is 0 Å². The molecule has 1 aromatic carbocycles. The number of nitrogens with zero attached hydrogens (tertiary/aromatic N) is 1. The van der Waals surface area contributed by atoms with Crippen LogP contribution in [-0.2, 0) is 0 Å². The second-order valence-corrected chi connectivity index (χ2v) is 5.41. The maximum absolute atomic E-state index is 10.8. The number of rotatable bonds is 6. The molecule has 3 nitrogen and oxygen atoms in total. The van der Waals surface area contributed by atoms with Gasteiger partial charge in [0.05, 0.1) is 18.2 Å². The number of aliphatic hydroxyl groups excluding tert-OH is 1. The summed E-state index contributed by atoms with van der Waals surface area (Å²) < 4.78 is 5.22. The Kier molecular flexibility index (Phi) is 5.65. The van der Waals surface area contributed by atoms with Crippen LogP contribution in [0.2, 0.25) is 5.02 Å². The number of methoxy groups -OCH3 is 1. The normalized spacial score (nSPS) is 13.7. The number of hydrogen-bond acceptors (Lipinski definition) is 3. The molecule has 1 atom stereocenters. The summed E-state index contributed by atoms with van der Waals surface area (Å²) in [6, 6.07) is 5.44. The van der Waals surface area contributed by atoms with Crippen molar-refractivity contribution in [3.63, 3.8) is 0 Å². The van der Waals surface area contributed by atoms with E-state index in [2.05, 4.69) is 18.7 Å². The van der Waals surface area contributed by atoms with Crippen molar-refractivity contribution in [2.45, 2.75) is 38.3 Å². The fourth-order valence-electron chi connectivity index (χ4n) is 2.67. The van der Waals surface area contributed by atoms with Gasteiger partial charge in [-0.05, 0) is 44.6 Å². The first kappa shape index (κ1) is 16.3. The number of hydrogen-bond donors (Lipinski definition) is 1. The molecule has 0 saturated carbocycles. The zero-order valence-electron chi connectivity index (χ0n) is 12.4. The van der Waals surface area contributed by atoms with Gasteiger partial charge < -0.3 is 14.7 Å². The summed E-state index contributed by atoms with van der Waals surface area (Å²) >= 11 is 6.03. The lowest BCUT2D eigenvalue weighted by Crippen LogP contribution is -2.48. The summed E-state index contributed by atoms with van der Waals surface area (Å²) in [5.41, 5.74) is 0.553. The molecule has 1 unspecified atom stereocenters. The highest BCUT2D eigenvalue weighted by Crippen LogP contribution is 2.38. The Balaban J connectivity index is 3.20. The van der Waals surface area contributed by atoms with E-state index in [9.17, 15) is 5.11 Å². The number of likely N-dealkylation sites (N-methyl/N-ethyl adjacent to an activating group) is 1. The van der Waals surface area contributed by atoms with Crippen LogP contribution in [-0.4, -0.2) is 36.8 Å². The number of halogens is 1. The molecule has 0 fully saturated rings. The van der Waals surface area contributed by atoms with Crippen molar-refractivity contribution in [1.29, 1.82) is 0 Å². The van der Waals surface area contributed by atoms with Gasteiger partial charge in [0.1, 0.15) is 5.75 Å². The third-order valence-electron chi connectivity index (χ3n) is 4.12. The highest BCUT2D eigenvalue weighted by molar-refractivity contribution is 6.32. The summed E-state index contributed by atoms with van der Waals surface area (Å²) in [6.07, 6.45) is 1.15. The average molecular weight is 286 g/mol. The van der Waals surface area contributed by atoms with Crippen molar-refractivity contribution >= 4 is 11.6 Å².